The fraction of sp³-hybridized carbons (Fsp3) is 0.167. The molecule has 0 amide bonds. The number of hydrogen-bond donors (Lipinski definition) is 0. The first-order chi connectivity index (χ1) is 53.0. The van der Waals surface area contributed by atoms with Crippen LogP contribution in [0.2, 0.25) is 0 Å². The summed E-state index contributed by atoms with van der Waals surface area (Å²) in [5, 5.41) is 4.99. The Bertz CT molecular complexity index is 6000. The fourth-order valence-electron chi connectivity index (χ4n) is 20.9. The zero-order valence-corrected chi connectivity index (χ0v) is 64.9. The zero-order valence-electron chi connectivity index (χ0n) is 64.9. The van der Waals surface area contributed by atoms with Crippen LogP contribution in [0.25, 0.3) is 113 Å². The van der Waals surface area contributed by atoms with Crippen LogP contribution >= 0.6 is 0 Å². The second-order valence-electron chi connectivity index (χ2n) is 35.3. The number of rotatable bonds is 10. The van der Waals surface area contributed by atoms with Crippen molar-refractivity contribution in [3.8, 4) is 66.8 Å². The minimum absolute atomic E-state index is 0.132. The third kappa shape index (κ3) is 9.54. The van der Waals surface area contributed by atoms with Gasteiger partial charge in [-0.1, -0.05) is 314 Å². The Balaban J connectivity index is 0.542. The molecule has 0 fully saturated rings. The molecule has 2 heteroatoms. The second-order valence-corrected chi connectivity index (χ2v) is 35.3. The number of fused-ring (bicyclic) bond motifs is 21. The van der Waals surface area contributed by atoms with Crippen molar-refractivity contribution >= 4 is 80.0 Å². The molecular weight excluding hydrogens is 1330 g/mol. The average molecular weight is 1410 g/mol. The quantitative estimate of drug-likeness (QED) is 0.0995. The van der Waals surface area contributed by atoms with Gasteiger partial charge in [-0.2, -0.15) is 0 Å². The molecule has 15 aromatic rings. The lowest BCUT2D eigenvalue weighted by Crippen LogP contribution is -2.19. The Hall–Kier alpha value is -12.1. The highest BCUT2D eigenvalue weighted by Crippen LogP contribution is 2.59. The van der Waals surface area contributed by atoms with Gasteiger partial charge in [0, 0.05) is 66.6 Å². The normalized spacial score (nSPS) is 16.2. The number of benzene rings is 15. The topological polar surface area (TPSA) is 6.48 Å². The summed E-state index contributed by atoms with van der Waals surface area (Å²) >= 11 is 0. The van der Waals surface area contributed by atoms with Crippen LogP contribution in [0.5, 0.6) is 0 Å². The maximum atomic E-state index is 2.52. The molecule has 110 heavy (non-hydrogen) atoms. The van der Waals surface area contributed by atoms with Gasteiger partial charge in [-0.05, 0) is 262 Å². The standard InChI is InChI=1S/C108H88N2/c1-103(2)91-25-17-13-21-79(91)85-49-39-71(59-97(85)103)109(72-40-50-86-80-22-14-18-26-92(80)104(3,4)98(86)60-72)75-43-53-89-83-47-35-67(57-95(83)107(9,10)101(89)63-75)31-29-65-33-45-77-69(55-65)37-38-70-56-66(34-46-78(70)77)30-32-68-36-48-84-90-54-44-76(64-102(90)108(11,12)96(84)58-68)110(73-41-51-87-81-23-15-19-27-93(81)105(5,6)99(87)61-73)74-42-52-88-82-24-16-20-28-94(82)106(7,8)100(88)62-74/h13-64H,1-12H3. The Morgan fingerprint density at radius 1 is 0.173 bits per heavy atom. The van der Waals surface area contributed by atoms with Gasteiger partial charge >= 0.3 is 0 Å². The molecule has 0 heterocycles. The molecular formula is C108H88N2. The van der Waals surface area contributed by atoms with Crippen LogP contribution in [0.3, 0.4) is 0 Å². The van der Waals surface area contributed by atoms with Gasteiger partial charge in [0.05, 0.1) is 0 Å². The first-order valence-electron chi connectivity index (χ1n) is 39.5. The highest BCUT2D eigenvalue weighted by molar-refractivity contribution is 6.09. The van der Waals surface area contributed by atoms with Crippen molar-refractivity contribution in [2.45, 2.75) is 116 Å². The SMILES string of the molecule is CC1(C)c2ccccc2-c2ccc(N(c3ccc4c(c3)C(C)(C)c3ccccc3-4)c3ccc4c(c3)C(C)(C)c3cc(C=Cc5ccc6c(ccc7cc(C=Cc8ccc9c(c8)C(C)(C)c8cc(N(c%10ccc%11c(c%10)C(C)(C)c%10ccccc%10-%11)c%10ccc%11c(c%10)C(C)(C)c%10ccccc%10-%11)ccc8-9)ccc76)c5)ccc3-4)cc21. The van der Waals surface area contributed by atoms with Crippen LogP contribution < -0.4 is 9.80 Å². The molecule has 6 aliphatic carbocycles. The van der Waals surface area contributed by atoms with Gasteiger partial charge in [0.2, 0.25) is 0 Å². The summed E-state index contributed by atoms with van der Waals surface area (Å²) in [5.41, 5.74) is 43.1. The van der Waals surface area contributed by atoms with Crippen molar-refractivity contribution in [1.29, 1.82) is 0 Å². The fourth-order valence-corrected chi connectivity index (χ4v) is 20.9. The minimum atomic E-state index is -0.240. The summed E-state index contributed by atoms with van der Waals surface area (Å²) in [5.74, 6) is 0. The predicted molar refractivity (Wildman–Crippen MR) is 467 cm³/mol. The number of nitrogens with zero attached hydrogens (tertiary/aromatic N) is 2. The van der Waals surface area contributed by atoms with Crippen LogP contribution in [0.15, 0.2) is 291 Å². The van der Waals surface area contributed by atoms with Crippen LogP contribution in [0.1, 0.15) is 172 Å². The molecule has 2 nitrogen and oxygen atoms in total. The largest absolute Gasteiger partial charge is 0.310 e. The van der Waals surface area contributed by atoms with E-state index < -0.39 is 0 Å². The molecule has 21 rings (SSSR count). The molecule has 0 aliphatic heterocycles. The third-order valence-electron chi connectivity index (χ3n) is 27.0. The van der Waals surface area contributed by atoms with E-state index in [9.17, 15) is 0 Å². The summed E-state index contributed by atoms with van der Waals surface area (Å²) in [7, 11) is 0. The maximum Gasteiger partial charge on any atom is 0.0465 e. The summed E-state index contributed by atoms with van der Waals surface area (Å²) in [6, 6.07) is 112. The van der Waals surface area contributed by atoms with Crippen molar-refractivity contribution in [1.82, 2.24) is 0 Å². The van der Waals surface area contributed by atoms with Crippen LogP contribution in [0.4, 0.5) is 34.1 Å². The van der Waals surface area contributed by atoms with Crippen molar-refractivity contribution in [2.24, 2.45) is 0 Å². The number of hydrogen-bond acceptors (Lipinski definition) is 2. The lowest BCUT2D eigenvalue weighted by atomic mass is 9.81. The van der Waals surface area contributed by atoms with E-state index in [1.807, 2.05) is 0 Å². The van der Waals surface area contributed by atoms with Gasteiger partial charge in [0.1, 0.15) is 0 Å². The van der Waals surface area contributed by atoms with Crippen molar-refractivity contribution < 1.29 is 0 Å². The molecule has 0 aromatic heterocycles. The highest BCUT2D eigenvalue weighted by Gasteiger charge is 2.43. The molecule has 0 bridgehead atoms. The molecule has 530 valence electrons. The van der Waals surface area contributed by atoms with Gasteiger partial charge < -0.3 is 9.80 Å². The van der Waals surface area contributed by atoms with Crippen molar-refractivity contribution in [3.63, 3.8) is 0 Å². The smallest absolute Gasteiger partial charge is 0.0465 e. The van der Waals surface area contributed by atoms with E-state index in [-0.39, 0.29) is 32.5 Å². The summed E-state index contributed by atoms with van der Waals surface area (Å²) < 4.78 is 0. The molecule has 0 unspecified atom stereocenters. The van der Waals surface area contributed by atoms with Crippen LogP contribution in [0, 0.1) is 0 Å². The maximum absolute atomic E-state index is 2.52. The lowest BCUT2D eigenvalue weighted by molar-refractivity contribution is 0.659. The highest BCUT2D eigenvalue weighted by atomic mass is 15.1. The summed E-state index contributed by atoms with van der Waals surface area (Å²) in [6.07, 6.45) is 9.16. The molecule has 0 spiro atoms. The Labute approximate surface area is 648 Å². The van der Waals surface area contributed by atoms with Gasteiger partial charge in [-0.3, -0.25) is 0 Å². The Morgan fingerprint density at radius 3 is 0.618 bits per heavy atom. The van der Waals surface area contributed by atoms with E-state index in [2.05, 4.69) is 408 Å². The van der Waals surface area contributed by atoms with Crippen LogP contribution in [-0.2, 0) is 32.5 Å². The molecule has 6 aliphatic rings. The van der Waals surface area contributed by atoms with Gasteiger partial charge in [0.15, 0.2) is 0 Å². The van der Waals surface area contributed by atoms with Crippen molar-refractivity contribution in [2.75, 3.05) is 9.80 Å². The first kappa shape index (κ1) is 66.1. The molecule has 0 N–H and O–H groups in total. The molecule has 0 atom stereocenters. The second kappa shape index (κ2) is 23.2. The predicted octanol–water partition coefficient (Wildman–Crippen LogP) is 29.1. The summed E-state index contributed by atoms with van der Waals surface area (Å²) in [6.45, 7) is 28.7. The molecule has 0 saturated carbocycles. The van der Waals surface area contributed by atoms with Crippen LogP contribution in [-0.4, -0.2) is 0 Å². The lowest BCUT2D eigenvalue weighted by Gasteiger charge is -2.31. The third-order valence-corrected chi connectivity index (χ3v) is 27.0. The average Bonchev–Trinajstić information content (AvgIpc) is 1.54. The summed E-state index contributed by atoms with van der Waals surface area (Å²) in [4.78, 5) is 5.05. The zero-order chi connectivity index (χ0) is 74.9. The van der Waals surface area contributed by atoms with Gasteiger partial charge in [-0.25, -0.2) is 0 Å². The van der Waals surface area contributed by atoms with E-state index >= 15 is 0 Å². The first-order valence-corrected chi connectivity index (χ1v) is 39.5. The molecule has 0 radical (unpaired) electrons. The van der Waals surface area contributed by atoms with E-state index in [4.69, 9.17) is 0 Å². The minimum Gasteiger partial charge on any atom is -0.310 e. The van der Waals surface area contributed by atoms with Crippen molar-refractivity contribution in [3.05, 3.63) is 380 Å². The van der Waals surface area contributed by atoms with E-state index in [0.29, 0.717) is 0 Å². The van der Waals surface area contributed by atoms with Gasteiger partial charge in [-0.15, -0.1) is 0 Å². The van der Waals surface area contributed by atoms with Gasteiger partial charge in [0.25, 0.3) is 0 Å². The Morgan fingerprint density at radius 2 is 0.364 bits per heavy atom. The molecule has 0 saturated heterocycles. The number of anilines is 6. The molecule has 15 aromatic carbocycles. The Kier molecular flexibility index (Phi) is 14.0. The van der Waals surface area contributed by atoms with E-state index in [0.717, 1.165) is 0 Å². The van der Waals surface area contributed by atoms with E-state index in [1.54, 1.807) is 0 Å². The monoisotopic (exact) mass is 1410 g/mol. The van der Waals surface area contributed by atoms with E-state index in [1.165, 1.54) is 211 Å².